The van der Waals surface area contributed by atoms with Crippen LogP contribution < -0.4 is 0 Å². The van der Waals surface area contributed by atoms with E-state index in [2.05, 4.69) is 5.16 Å². The minimum absolute atomic E-state index is 0.00833. The third kappa shape index (κ3) is 4.21. The third-order valence-corrected chi connectivity index (χ3v) is 4.31. The zero-order valence-electron chi connectivity index (χ0n) is 11.1. The summed E-state index contributed by atoms with van der Waals surface area (Å²) in [6.45, 7) is 0. The van der Waals surface area contributed by atoms with Gasteiger partial charge in [0.1, 0.15) is 10.6 Å². The Labute approximate surface area is 125 Å². The van der Waals surface area contributed by atoms with E-state index in [0.717, 1.165) is 6.26 Å². The number of nitrogens with zero attached hydrogens (tertiary/aromatic N) is 1. The van der Waals surface area contributed by atoms with E-state index in [1.165, 1.54) is 18.9 Å². The fourth-order valence-corrected chi connectivity index (χ4v) is 2.84. The van der Waals surface area contributed by atoms with Crippen LogP contribution in [-0.4, -0.2) is 39.8 Å². The van der Waals surface area contributed by atoms with E-state index in [0.29, 0.717) is 21.3 Å². The largest absolute Gasteiger partial charge is 0.503 e. The molecular formula is C13H15NO4S2. The maximum atomic E-state index is 11.3. The van der Waals surface area contributed by atoms with Gasteiger partial charge in [0.2, 0.25) is 0 Å². The average molecular weight is 313 g/mol. The Balaban J connectivity index is 3.28. The summed E-state index contributed by atoms with van der Waals surface area (Å²) < 4.78 is 4.81. The number of ether oxygens (including phenoxy) is 1. The minimum Gasteiger partial charge on any atom is -0.503 e. The molecule has 0 bridgehead atoms. The molecule has 0 saturated heterocycles. The highest BCUT2D eigenvalue weighted by molar-refractivity contribution is 8.24. The molecule has 0 radical (unpaired) electrons. The summed E-state index contributed by atoms with van der Waals surface area (Å²) in [7, 11) is 1.38. The number of methoxy groups -OCH3 is 1. The Hall–Kier alpha value is -1.60. The smallest absolute Gasteiger partial charge is 0.339 e. The highest BCUT2D eigenvalue weighted by Gasteiger charge is 2.18. The number of oxime groups is 1. The SMILES string of the molecule is COC=C(C(=O)O)c1ccccc1C(=NO)SCSC. The minimum atomic E-state index is -1.11. The predicted molar refractivity (Wildman–Crippen MR) is 83.4 cm³/mol. The summed E-state index contributed by atoms with van der Waals surface area (Å²) in [4.78, 5) is 11.3. The molecule has 0 heterocycles. The van der Waals surface area contributed by atoms with Crippen LogP contribution in [0.4, 0.5) is 0 Å². The first kappa shape index (κ1) is 16.5. The van der Waals surface area contributed by atoms with E-state index in [4.69, 9.17) is 9.94 Å². The quantitative estimate of drug-likeness (QED) is 0.160. The highest BCUT2D eigenvalue weighted by atomic mass is 32.2. The maximum Gasteiger partial charge on any atom is 0.339 e. The van der Waals surface area contributed by atoms with E-state index in [1.807, 2.05) is 6.26 Å². The Morgan fingerprint density at radius 1 is 1.40 bits per heavy atom. The zero-order valence-corrected chi connectivity index (χ0v) is 12.7. The molecule has 0 amide bonds. The number of thioether (sulfide) groups is 2. The number of hydrogen-bond acceptors (Lipinski definition) is 6. The molecule has 1 rings (SSSR count). The Kier molecular flexibility index (Phi) is 7.03. The summed E-state index contributed by atoms with van der Waals surface area (Å²) in [6, 6.07) is 6.85. The lowest BCUT2D eigenvalue weighted by molar-refractivity contribution is -0.130. The van der Waals surface area contributed by atoms with Crippen molar-refractivity contribution in [3.63, 3.8) is 0 Å². The van der Waals surface area contributed by atoms with Crippen LogP contribution >= 0.6 is 23.5 Å². The van der Waals surface area contributed by atoms with Gasteiger partial charge in [-0.3, -0.25) is 0 Å². The van der Waals surface area contributed by atoms with Crippen LogP contribution in [0.15, 0.2) is 35.7 Å². The molecule has 0 aromatic heterocycles. The number of benzene rings is 1. The van der Waals surface area contributed by atoms with E-state index < -0.39 is 5.97 Å². The number of carboxylic acid groups (broad SMARTS) is 1. The van der Waals surface area contributed by atoms with Gasteiger partial charge in [0.15, 0.2) is 0 Å². The van der Waals surface area contributed by atoms with Gasteiger partial charge in [-0.1, -0.05) is 41.2 Å². The van der Waals surface area contributed by atoms with Gasteiger partial charge in [0, 0.05) is 16.2 Å². The van der Waals surface area contributed by atoms with Gasteiger partial charge < -0.3 is 15.1 Å². The number of rotatable bonds is 6. The Morgan fingerprint density at radius 3 is 2.55 bits per heavy atom. The van der Waals surface area contributed by atoms with Crippen LogP contribution in [0.1, 0.15) is 11.1 Å². The van der Waals surface area contributed by atoms with Crippen LogP contribution in [0, 0.1) is 0 Å². The van der Waals surface area contributed by atoms with Crippen LogP contribution in [0.25, 0.3) is 5.57 Å². The van der Waals surface area contributed by atoms with Gasteiger partial charge in [0.25, 0.3) is 0 Å². The number of carbonyl (C=O) groups is 1. The molecule has 0 aliphatic rings. The highest BCUT2D eigenvalue weighted by Crippen LogP contribution is 2.25. The van der Waals surface area contributed by atoms with Gasteiger partial charge in [0.05, 0.1) is 13.4 Å². The molecule has 108 valence electrons. The van der Waals surface area contributed by atoms with Gasteiger partial charge in [-0.2, -0.15) is 11.8 Å². The fraction of sp³-hybridized carbons (Fsp3) is 0.231. The summed E-state index contributed by atoms with van der Waals surface area (Å²) in [5, 5.41) is 22.7. The molecule has 0 aliphatic heterocycles. The van der Waals surface area contributed by atoms with Crippen molar-refractivity contribution >= 4 is 40.1 Å². The first-order valence-electron chi connectivity index (χ1n) is 5.55. The summed E-state index contributed by atoms with van der Waals surface area (Å²) in [5.74, 6) is -1.11. The van der Waals surface area contributed by atoms with Crippen molar-refractivity contribution in [2.45, 2.75) is 0 Å². The molecule has 1 aromatic carbocycles. The normalized spacial score (nSPS) is 12.3. The monoisotopic (exact) mass is 313 g/mol. The first-order valence-corrected chi connectivity index (χ1v) is 7.93. The third-order valence-electron chi connectivity index (χ3n) is 2.32. The average Bonchev–Trinajstić information content (AvgIpc) is 2.46. The standard InChI is InChI=1S/C13H15NO4S2/c1-18-7-11(13(15)16)9-5-3-4-6-10(9)12(14-17)20-8-19-2/h3-7,17H,8H2,1-2H3,(H,15,16). The van der Waals surface area contributed by atoms with E-state index in [1.54, 1.807) is 36.0 Å². The van der Waals surface area contributed by atoms with Crippen molar-refractivity contribution in [2.75, 3.05) is 18.5 Å². The number of aliphatic carboxylic acids is 1. The Morgan fingerprint density at radius 2 is 2.05 bits per heavy atom. The van der Waals surface area contributed by atoms with Crippen molar-refractivity contribution in [2.24, 2.45) is 5.16 Å². The van der Waals surface area contributed by atoms with Gasteiger partial charge >= 0.3 is 5.97 Å². The summed E-state index contributed by atoms with van der Waals surface area (Å²) in [6.07, 6.45) is 3.09. The van der Waals surface area contributed by atoms with Crippen LogP contribution in [-0.2, 0) is 9.53 Å². The van der Waals surface area contributed by atoms with Crippen molar-refractivity contribution in [1.29, 1.82) is 0 Å². The lowest BCUT2D eigenvalue weighted by atomic mass is 10.0. The number of hydrogen-bond donors (Lipinski definition) is 2. The summed E-state index contributed by atoms with van der Waals surface area (Å²) >= 11 is 2.92. The predicted octanol–water partition coefficient (Wildman–Crippen LogP) is 2.95. The van der Waals surface area contributed by atoms with Crippen LogP contribution in [0.2, 0.25) is 0 Å². The lowest BCUT2D eigenvalue weighted by Gasteiger charge is -2.10. The maximum absolute atomic E-state index is 11.3. The molecule has 0 unspecified atom stereocenters. The van der Waals surface area contributed by atoms with Crippen molar-refractivity contribution in [1.82, 2.24) is 0 Å². The molecule has 1 aromatic rings. The molecule has 0 aliphatic carbocycles. The molecule has 0 fully saturated rings. The van der Waals surface area contributed by atoms with E-state index in [-0.39, 0.29) is 5.57 Å². The zero-order chi connectivity index (χ0) is 15.0. The molecule has 20 heavy (non-hydrogen) atoms. The second-order valence-corrected chi connectivity index (χ2v) is 5.77. The lowest BCUT2D eigenvalue weighted by Crippen LogP contribution is -2.07. The molecule has 5 nitrogen and oxygen atoms in total. The van der Waals surface area contributed by atoms with Crippen molar-refractivity contribution in [3.05, 3.63) is 41.7 Å². The van der Waals surface area contributed by atoms with Crippen LogP contribution in [0.5, 0.6) is 0 Å². The van der Waals surface area contributed by atoms with E-state index in [9.17, 15) is 9.90 Å². The molecule has 0 saturated carbocycles. The second kappa shape index (κ2) is 8.55. The fourth-order valence-electron chi connectivity index (χ4n) is 1.53. The van der Waals surface area contributed by atoms with Gasteiger partial charge in [-0.05, 0) is 6.26 Å². The molecule has 7 heteroatoms. The van der Waals surface area contributed by atoms with Crippen molar-refractivity contribution < 1.29 is 19.8 Å². The topological polar surface area (TPSA) is 79.1 Å². The van der Waals surface area contributed by atoms with Crippen molar-refractivity contribution in [3.8, 4) is 0 Å². The van der Waals surface area contributed by atoms with Gasteiger partial charge in [-0.25, -0.2) is 4.79 Å². The molecular weight excluding hydrogens is 298 g/mol. The molecule has 0 atom stereocenters. The second-order valence-electron chi connectivity index (χ2n) is 3.57. The van der Waals surface area contributed by atoms with Gasteiger partial charge in [-0.15, -0.1) is 0 Å². The summed E-state index contributed by atoms with van der Waals surface area (Å²) in [5.41, 5.74) is 1.01. The first-order chi connectivity index (χ1) is 9.65. The molecule has 0 spiro atoms. The van der Waals surface area contributed by atoms with Crippen LogP contribution in [0.3, 0.4) is 0 Å². The van der Waals surface area contributed by atoms with E-state index >= 15 is 0 Å². The number of carboxylic acids is 1. The Bertz CT molecular complexity index is 529. The molecule has 2 N–H and O–H groups in total.